The van der Waals surface area contributed by atoms with Crippen LogP contribution in [0, 0.1) is 0 Å². The average Bonchev–Trinajstić information content (AvgIpc) is 3.55. The van der Waals surface area contributed by atoms with Crippen LogP contribution in [0.3, 0.4) is 0 Å². The van der Waals surface area contributed by atoms with Crippen molar-refractivity contribution in [3.8, 4) is 10.4 Å². The Kier molecular flexibility index (Phi) is 9.97. The van der Waals surface area contributed by atoms with Crippen LogP contribution in [0.5, 0.6) is 0 Å². The number of benzene rings is 1. The molecule has 1 heterocycles. The summed E-state index contributed by atoms with van der Waals surface area (Å²) in [7, 11) is -3.94. The summed E-state index contributed by atoms with van der Waals surface area (Å²) >= 11 is 1.48. The highest BCUT2D eigenvalue weighted by atomic mass is 32.2. The largest absolute Gasteiger partial charge is 0.447 e. The number of ether oxygens (including phenoxy) is 2. The molecule has 4 rings (SSSR count). The first kappa shape index (κ1) is 31.2. The predicted molar refractivity (Wildman–Crippen MR) is 160 cm³/mol. The van der Waals surface area contributed by atoms with Crippen molar-refractivity contribution in [1.82, 2.24) is 15.0 Å². The van der Waals surface area contributed by atoms with Gasteiger partial charge in [0.05, 0.1) is 20.9 Å². The zero-order valence-corrected chi connectivity index (χ0v) is 26.1. The summed E-state index contributed by atoms with van der Waals surface area (Å²) in [6.07, 6.45) is 8.04. The molecule has 41 heavy (non-hydrogen) atoms. The van der Waals surface area contributed by atoms with Crippen LogP contribution in [0.25, 0.3) is 10.4 Å². The fourth-order valence-corrected chi connectivity index (χ4v) is 8.15. The van der Waals surface area contributed by atoms with Crippen molar-refractivity contribution < 1.29 is 27.5 Å². The van der Waals surface area contributed by atoms with E-state index in [0.29, 0.717) is 11.3 Å². The number of aromatic nitrogens is 1. The first-order valence-electron chi connectivity index (χ1n) is 14.4. The number of nitrogens with zero attached hydrogens (tertiary/aromatic N) is 1. The van der Waals surface area contributed by atoms with Gasteiger partial charge in [-0.3, -0.25) is 5.32 Å². The lowest BCUT2D eigenvalue weighted by Gasteiger charge is -2.28. The van der Waals surface area contributed by atoms with Crippen LogP contribution < -0.4 is 15.4 Å². The second-order valence-corrected chi connectivity index (χ2v) is 14.9. The standard InChI is InChI=1S/C29H42N4O6S2/c1-18(2)38-27(34)32-21-14-15-23(25(16-21)41(36,37)33-29(3,4)5)24-17-30-26(40-24)19-10-12-20(13-11-19)31-28(35)39-22-8-6-7-9-22/h14-20,22,33H,6-13H2,1-5H3,(H,31,35)(H,32,34). The molecule has 0 atom stereocenters. The van der Waals surface area contributed by atoms with Gasteiger partial charge in [-0.15, -0.1) is 11.3 Å². The van der Waals surface area contributed by atoms with Crippen molar-refractivity contribution in [3.63, 3.8) is 0 Å². The Bertz CT molecular complexity index is 1320. The summed E-state index contributed by atoms with van der Waals surface area (Å²) in [5.41, 5.74) is 0.125. The molecule has 1 aromatic heterocycles. The molecule has 10 nitrogen and oxygen atoms in total. The molecule has 1 aromatic carbocycles. The molecule has 3 N–H and O–H groups in total. The van der Waals surface area contributed by atoms with Crippen molar-refractivity contribution >= 4 is 39.2 Å². The second-order valence-electron chi connectivity index (χ2n) is 12.2. The number of rotatable bonds is 8. The van der Waals surface area contributed by atoms with Gasteiger partial charge < -0.3 is 14.8 Å². The average molecular weight is 607 g/mol. The fourth-order valence-electron chi connectivity index (χ4n) is 5.29. The highest BCUT2D eigenvalue weighted by Crippen LogP contribution is 2.40. The van der Waals surface area contributed by atoms with Gasteiger partial charge in [-0.2, -0.15) is 0 Å². The van der Waals surface area contributed by atoms with E-state index in [0.717, 1.165) is 61.3 Å². The molecular weight excluding hydrogens is 564 g/mol. The Morgan fingerprint density at radius 2 is 1.71 bits per heavy atom. The zero-order valence-electron chi connectivity index (χ0n) is 24.5. The van der Waals surface area contributed by atoms with Crippen molar-refractivity contribution in [1.29, 1.82) is 0 Å². The number of hydrogen-bond acceptors (Lipinski definition) is 8. The van der Waals surface area contributed by atoms with Crippen LogP contribution in [0.1, 0.15) is 96.9 Å². The highest BCUT2D eigenvalue weighted by Gasteiger charge is 2.29. The molecule has 0 aliphatic heterocycles. The van der Waals surface area contributed by atoms with E-state index in [1.54, 1.807) is 52.9 Å². The lowest BCUT2D eigenvalue weighted by Crippen LogP contribution is -2.40. The number of thiazole rings is 1. The van der Waals surface area contributed by atoms with Crippen molar-refractivity contribution in [2.45, 2.75) is 121 Å². The summed E-state index contributed by atoms with van der Waals surface area (Å²) < 4.78 is 40.4. The van der Waals surface area contributed by atoms with Gasteiger partial charge in [0.2, 0.25) is 10.0 Å². The van der Waals surface area contributed by atoms with E-state index in [1.807, 2.05) is 0 Å². The van der Waals surface area contributed by atoms with Crippen LogP contribution in [-0.2, 0) is 19.5 Å². The molecule has 0 unspecified atom stereocenters. The molecule has 2 amide bonds. The number of nitrogens with one attached hydrogen (secondary N) is 3. The quantitative estimate of drug-likeness (QED) is 0.310. The Morgan fingerprint density at radius 1 is 1.02 bits per heavy atom. The number of amides is 2. The van der Waals surface area contributed by atoms with Crippen molar-refractivity contribution in [3.05, 3.63) is 29.4 Å². The van der Waals surface area contributed by atoms with Crippen LogP contribution in [0.15, 0.2) is 29.3 Å². The molecule has 2 fully saturated rings. The van der Waals surface area contributed by atoms with Crippen molar-refractivity contribution in [2.75, 3.05) is 5.32 Å². The number of anilines is 1. The van der Waals surface area contributed by atoms with Gasteiger partial charge in [0.15, 0.2) is 0 Å². The lowest BCUT2D eigenvalue weighted by molar-refractivity contribution is 0.0956. The fraction of sp³-hybridized carbons (Fsp3) is 0.621. The van der Waals surface area contributed by atoms with Crippen molar-refractivity contribution in [2.24, 2.45) is 0 Å². The monoisotopic (exact) mass is 606 g/mol. The lowest BCUT2D eigenvalue weighted by atomic mass is 9.86. The molecule has 226 valence electrons. The molecule has 2 aliphatic rings. The van der Waals surface area contributed by atoms with E-state index in [2.05, 4.69) is 20.3 Å². The molecule has 0 spiro atoms. The summed E-state index contributed by atoms with van der Waals surface area (Å²) in [5.74, 6) is 0.233. The third kappa shape index (κ3) is 8.89. The first-order chi connectivity index (χ1) is 19.3. The Balaban J connectivity index is 1.48. The third-order valence-electron chi connectivity index (χ3n) is 7.06. The number of sulfonamides is 1. The topological polar surface area (TPSA) is 136 Å². The minimum atomic E-state index is -3.94. The summed E-state index contributed by atoms with van der Waals surface area (Å²) in [6, 6.07) is 4.89. The summed E-state index contributed by atoms with van der Waals surface area (Å²) in [6.45, 7) is 8.80. The van der Waals surface area contributed by atoms with Crippen LogP contribution in [-0.4, -0.2) is 49.4 Å². The Labute approximate surface area is 247 Å². The number of hydrogen-bond donors (Lipinski definition) is 3. The highest BCUT2D eigenvalue weighted by molar-refractivity contribution is 7.89. The van der Waals surface area contributed by atoms with E-state index in [4.69, 9.17) is 9.47 Å². The normalized spacial score (nSPS) is 20.1. The maximum absolute atomic E-state index is 13.5. The molecule has 0 bridgehead atoms. The molecule has 12 heteroatoms. The Morgan fingerprint density at radius 3 is 2.34 bits per heavy atom. The first-order valence-corrected chi connectivity index (χ1v) is 16.7. The van der Waals surface area contributed by atoms with Gasteiger partial charge in [0.25, 0.3) is 0 Å². The number of carbonyl (C=O) groups is 2. The van der Waals surface area contributed by atoms with E-state index >= 15 is 0 Å². The minimum absolute atomic E-state index is 0.0473. The van der Waals surface area contributed by atoms with Gasteiger partial charge in [0.1, 0.15) is 6.10 Å². The molecule has 2 aromatic rings. The molecule has 2 saturated carbocycles. The summed E-state index contributed by atoms with van der Waals surface area (Å²) in [5, 5.41) is 6.59. The van der Waals surface area contributed by atoms with Crippen LogP contribution in [0.2, 0.25) is 0 Å². The maximum Gasteiger partial charge on any atom is 0.411 e. The van der Waals surface area contributed by atoms with Gasteiger partial charge in [-0.1, -0.05) is 6.07 Å². The van der Waals surface area contributed by atoms with Gasteiger partial charge in [0, 0.05) is 34.9 Å². The van der Waals surface area contributed by atoms with Crippen LogP contribution >= 0.6 is 11.3 Å². The Hall–Kier alpha value is -2.70. The number of carbonyl (C=O) groups excluding carboxylic acids is 2. The molecule has 0 radical (unpaired) electrons. The zero-order chi connectivity index (χ0) is 29.8. The van der Waals surface area contributed by atoms with Crippen LogP contribution in [0.4, 0.5) is 15.3 Å². The number of alkyl carbamates (subject to hydrolysis) is 1. The molecular formula is C29H42N4O6S2. The SMILES string of the molecule is CC(C)OC(=O)Nc1ccc(-c2cnc(C3CCC(NC(=O)OC4CCCC4)CC3)s2)c(S(=O)(=O)NC(C)(C)C)c1. The van der Waals surface area contributed by atoms with Gasteiger partial charge in [-0.05, 0) is 98.1 Å². The van der Waals surface area contributed by atoms with E-state index < -0.39 is 21.7 Å². The predicted octanol–water partition coefficient (Wildman–Crippen LogP) is 6.54. The second kappa shape index (κ2) is 13.1. The van der Waals surface area contributed by atoms with Gasteiger partial charge >= 0.3 is 12.2 Å². The van der Waals surface area contributed by atoms with E-state index in [1.165, 1.54) is 17.4 Å². The van der Waals surface area contributed by atoms with E-state index in [9.17, 15) is 18.0 Å². The molecule has 2 aliphatic carbocycles. The molecule has 0 saturated heterocycles. The maximum atomic E-state index is 13.5. The van der Waals surface area contributed by atoms with E-state index in [-0.39, 0.29) is 35.2 Å². The third-order valence-corrected chi connectivity index (χ3v) is 10.1. The minimum Gasteiger partial charge on any atom is -0.447 e. The van der Waals surface area contributed by atoms with Gasteiger partial charge in [-0.25, -0.2) is 27.7 Å². The summed E-state index contributed by atoms with van der Waals surface area (Å²) in [4.78, 5) is 29.9. The smallest absolute Gasteiger partial charge is 0.411 e.